The molecule has 2 aromatic carbocycles. The van der Waals surface area contributed by atoms with Crippen LogP contribution >= 0.6 is 0 Å². The number of hydrogen-bond donors (Lipinski definition) is 5. The lowest BCUT2D eigenvalue weighted by Gasteiger charge is -2.34. The van der Waals surface area contributed by atoms with Crippen molar-refractivity contribution in [3.63, 3.8) is 0 Å². The predicted octanol–water partition coefficient (Wildman–Crippen LogP) is 1.99. The fourth-order valence-electron chi connectivity index (χ4n) is 5.07. The maximum Gasteiger partial charge on any atom is 0.326 e. The van der Waals surface area contributed by atoms with E-state index in [1.54, 1.807) is 0 Å². The molecule has 13 heteroatoms. The van der Waals surface area contributed by atoms with Gasteiger partial charge in [0.1, 0.15) is 17.9 Å². The van der Waals surface area contributed by atoms with Crippen LogP contribution in [0.1, 0.15) is 44.2 Å². The van der Waals surface area contributed by atoms with E-state index in [4.69, 9.17) is 5.73 Å². The van der Waals surface area contributed by atoms with Crippen LogP contribution in [-0.2, 0) is 32.0 Å². The van der Waals surface area contributed by atoms with Crippen molar-refractivity contribution in [3.8, 4) is 0 Å². The summed E-state index contributed by atoms with van der Waals surface area (Å²) in [5.74, 6) is -7.29. The van der Waals surface area contributed by atoms with Gasteiger partial charge in [-0.2, -0.15) is 0 Å². The number of amides is 2. The van der Waals surface area contributed by atoms with Gasteiger partial charge in [0.05, 0.1) is 5.54 Å². The van der Waals surface area contributed by atoms with Crippen molar-refractivity contribution in [2.45, 2.75) is 75.7 Å². The molecule has 0 aromatic heterocycles. The number of carbonyl (C=O) groups is 4. The van der Waals surface area contributed by atoms with E-state index in [0.29, 0.717) is 18.6 Å². The third-order valence-electron chi connectivity index (χ3n) is 7.16. The summed E-state index contributed by atoms with van der Waals surface area (Å²) in [6, 6.07) is 6.23. The lowest BCUT2D eigenvalue weighted by Crippen LogP contribution is -2.60. The molecule has 0 unspecified atom stereocenters. The van der Waals surface area contributed by atoms with Crippen LogP contribution in [0.2, 0.25) is 0 Å². The SMILES string of the molecule is CC(C)(N[C@@H](CCc1ccccc1)C(=O)O)C(=O)N1C[C@@H](NC(=O)C[C@H](N)Cc2cc(F)c(F)cc2F)C[C@H]1C(=O)O. The maximum atomic E-state index is 13.9. The summed E-state index contributed by atoms with van der Waals surface area (Å²) in [6.07, 6.45) is -0.0542. The van der Waals surface area contributed by atoms with E-state index < -0.39 is 70.9 Å². The van der Waals surface area contributed by atoms with Crippen molar-refractivity contribution < 1.29 is 42.6 Å². The van der Waals surface area contributed by atoms with Crippen molar-refractivity contribution in [2.24, 2.45) is 5.73 Å². The second-order valence-corrected chi connectivity index (χ2v) is 11.0. The quantitative estimate of drug-likeness (QED) is 0.221. The summed E-state index contributed by atoms with van der Waals surface area (Å²) in [5, 5.41) is 25.0. The first-order valence-electron chi connectivity index (χ1n) is 13.4. The molecule has 1 aliphatic rings. The lowest BCUT2D eigenvalue weighted by molar-refractivity contribution is -0.151. The van der Waals surface area contributed by atoms with Crippen molar-refractivity contribution in [3.05, 3.63) is 71.0 Å². The minimum Gasteiger partial charge on any atom is -0.480 e. The molecule has 0 aliphatic carbocycles. The number of nitrogens with two attached hydrogens (primary N) is 1. The number of rotatable bonds is 13. The molecule has 0 radical (unpaired) electrons. The molecule has 1 aliphatic heterocycles. The van der Waals surface area contributed by atoms with E-state index in [0.717, 1.165) is 10.5 Å². The third kappa shape index (κ3) is 8.52. The zero-order valence-electron chi connectivity index (χ0n) is 23.3. The van der Waals surface area contributed by atoms with Crippen molar-refractivity contribution in [1.29, 1.82) is 0 Å². The molecule has 0 spiro atoms. The van der Waals surface area contributed by atoms with Gasteiger partial charge in [-0.15, -0.1) is 0 Å². The molecule has 6 N–H and O–H groups in total. The Morgan fingerprint density at radius 1 is 1.05 bits per heavy atom. The monoisotopic (exact) mass is 592 g/mol. The molecule has 3 rings (SSSR count). The predicted molar refractivity (Wildman–Crippen MR) is 146 cm³/mol. The highest BCUT2D eigenvalue weighted by molar-refractivity contribution is 5.91. The van der Waals surface area contributed by atoms with Crippen molar-refractivity contribution >= 4 is 23.8 Å². The summed E-state index contributed by atoms with van der Waals surface area (Å²) in [4.78, 5) is 51.1. The van der Waals surface area contributed by atoms with E-state index in [1.807, 2.05) is 30.3 Å². The summed E-state index contributed by atoms with van der Waals surface area (Å²) >= 11 is 0. The summed E-state index contributed by atoms with van der Waals surface area (Å²) in [6.45, 7) is 2.78. The van der Waals surface area contributed by atoms with Crippen LogP contribution in [0.3, 0.4) is 0 Å². The Labute approximate surface area is 241 Å². The Hall–Kier alpha value is -3.97. The first-order chi connectivity index (χ1) is 19.7. The lowest BCUT2D eigenvalue weighted by atomic mass is 9.98. The van der Waals surface area contributed by atoms with Crippen molar-refractivity contribution in [2.75, 3.05) is 6.54 Å². The second-order valence-electron chi connectivity index (χ2n) is 11.0. The molecule has 2 amide bonds. The van der Waals surface area contributed by atoms with Gasteiger partial charge in [0, 0.05) is 37.5 Å². The Kier molecular flexibility index (Phi) is 10.7. The topological polar surface area (TPSA) is 162 Å². The number of halogens is 3. The Balaban J connectivity index is 1.61. The van der Waals surface area contributed by atoms with Gasteiger partial charge in [-0.25, -0.2) is 18.0 Å². The average molecular weight is 593 g/mol. The van der Waals surface area contributed by atoms with Crippen molar-refractivity contribution in [1.82, 2.24) is 15.5 Å². The average Bonchev–Trinajstić information content (AvgIpc) is 3.33. The molecule has 1 saturated heterocycles. The van der Waals surface area contributed by atoms with Crippen LogP contribution in [0.25, 0.3) is 0 Å². The second kappa shape index (κ2) is 13.8. The Morgan fingerprint density at radius 2 is 1.69 bits per heavy atom. The van der Waals surface area contributed by atoms with Crippen LogP contribution < -0.4 is 16.4 Å². The Morgan fingerprint density at radius 3 is 2.31 bits per heavy atom. The van der Waals surface area contributed by atoms with Crippen LogP contribution in [0.4, 0.5) is 13.2 Å². The van der Waals surface area contributed by atoms with Crippen LogP contribution in [-0.4, -0.2) is 75.1 Å². The number of nitrogens with one attached hydrogen (secondary N) is 2. The molecule has 1 heterocycles. The van der Waals surface area contributed by atoms with Gasteiger partial charge in [0.2, 0.25) is 11.8 Å². The fourth-order valence-corrected chi connectivity index (χ4v) is 5.07. The van der Waals surface area contributed by atoms with Gasteiger partial charge in [-0.05, 0) is 50.3 Å². The molecule has 228 valence electrons. The van der Waals surface area contributed by atoms with Gasteiger partial charge >= 0.3 is 11.9 Å². The third-order valence-corrected chi connectivity index (χ3v) is 7.16. The van der Waals surface area contributed by atoms with E-state index in [2.05, 4.69) is 10.6 Å². The minimum absolute atomic E-state index is 0.105. The molecule has 10 nitrogen and oxygen atoms in total. The van der Waals surface area contributed by atoms with Crippen LogP contribution in [0, 0.1) is 17.5 Å². The highest BCUT2D eigenvalue weighted by atomic mass is 19.2. The number of aliphatic carboxylic acids is 2. The number of benzene rings is 2. The maximum absolute atomic E-state index is 13.9. The summed E-state index contributed by atoms with van der Waals surface area (Å²) < 4.78 is 40.6. The largest absolute Gasteiger partial charge is 0.480 e. The first-order valence-corrected chi connectivity index (χ1v) is 13.4. The standard InChI is InChI=1S/C29H35F3N4O6/c1-29(2,35-23(26(38)39)9-8-16-6-4-3-5-7-16)28(42)36-15-19(13-24(36)27(40)41)34-25(37)12-18(33)10-17-11-21(31)22(32)14-20(17)30/h3-7,11,14,18-19,23-24,35H,8-10,12-13,15,33H2,1-2H3,(H,34,37)(H,38,39)(H,40,41)/t18-,19+,23+,24+/m1/s1. The molecular formula is C29H35F3N4O6. The molecule has 4 atom stereocenters. The van der Waals surface area contributed by atoms with E-state index in [-0.39, 0.29) is 37.8 Å². The first kappa shape index (κ1) is 32.5. The molecule has 0 saturated carbocycles. The highest BCUT2D eigenvalue weighted by Gasteiger charge is 2.45. The fraction of sp³-hybridized carbons (Fsp3) is 0.448. The molecule has 42 heavy (non-hydrogen) atoms. The molecule has 2 aromatic rings. The number of carboxylic acid groups (broad SMARTS) is 2. The van der Waals surface area contributed by atoms with E-state index >= 15 is 0 Å². The number of likely N-dealkylation sites (tertiary alicyclic amines) is 1. The minimum atomic E-state index is -1.46. The van der Waals surface area contributed by atoms with Gasteiger partial charge in [-0.3, -0.25) is 19.7 Å². The van der Waals surface area contributed by atoms with Gasteiger partial charge in [0.15, 0.2) is 11.6 Å². The van der Waals surface area contributed by atoms with Gasteiger partial charge in [-0.1, -0.05) is 30.3 Å². The number of carboxylic acids is 2. The zero-order valence-corrected chi connectivity index (χ0v) is 23.3. The van der Waals surface area contributed by atoms with E-state index in [1.165, 1.54) is 13.8 Å². The number of aryl methyl sites for hydroxylation is 1. The summed E-state index contributed by atoms with van der Waals surface area (Å²) in [7, 11) is 0. The molecular weight excluding hydrogens is 557 g/mol. The normalized spacial score (nSPS) is 18.4. The number of hydrogen-bond acceptors (Lipinski definition) is 6. The van der Waals surface area contributed by atoms with E-state index in [9.17, 15) is 42.6 Å². The molecule has 1 fully saturated rings. The van der Waals surface area contributed by atoms with Gasteiger partial charge in [0.25, 0.3) is 0 Å². The number of carbonyl (C=O) groups excluding carboxylic acids is 2. The highest BCUT2D eigenvalue weighted by Crippen LogP contribution is 2.24. The number of nitrogens with zero attached hydrogens (tertiary/aromatic N) is 1. The smallest absolute Gasteiger partial charge is 0.326 e. The van der Waals surface area contributed by atoms with Crippen LogP contribution in [0.15, 0.2) is 42.5 Å². The molecule has 0 bridgehead atoms. The summed E-state index contributed by atoms with van der Waals surface area (Å²) in [5.41, 5.74) is 5.19. The van der Waals surface area contributed by atoms with Gasteiger partial charge < -0.3 is 26.2 Å². The zero-order chi connectivity index (χ0) is 31.2. The van der Waals surface area contributed by atoms with Crippen LogP contribution in [0.5, 0.6) is 0 Å². The Bertz CT molecular complexity index is 1310.